The number of phenols is 1. The second-order valence-corrected chi connectivity index (χ2v) is 9.13. The zero-order valence-corrected chi connectivity index (χ0v) is 19.0. The van der Waals surface area contributed by atoms with Crippen molar-refractivity contribution in [1.82, 2.24) is 5.32 Å². The molecule has 30 heavy (non-hydrogen) atoms. The summed E-state index contributed by atoms with van der Waals surface area (Å²) < 4.78 is 4.90. The molecule has 0 saturated heterocycles. The molecule has 1 amide bonds. The van der Waals surface area contributed by atoms with Gasteiger partial charge in [0, 0.05) is 14.3 Å². The molecule has 0 fully saturated rings. The molecule has 0 heterocycles. The predicted octanol–water partition coefficient (Wildman–Crippen LogP) is 3.80. The highest BCUT2D eigenvalue weighted by Crippen LogP contribution is 2.32. The maximum absolute atomic E-state index is 12.6. The van der Waals surface area contributed by atoms with Crippen molar-refractivity contribution in [2.45, 2.75) is 46.3 Å². The minimum atomic E-state index is -0.995. The van der Waals surface area contributed by atoms with E-state index in [1.54, 1.807) is 26.0 Å². The minimum Gasteiger partial charge on any atom is -0.507 e. The van der Waals surface area contributed by atoms with Gasteiger partial charge in [0.05, 0.1) is 12.2 Å². The fourth-order valence-electron chi connectivity index (χ4n) is 3.40. The van der Waals surface area contributed by atoms with Gasteiger partial charge in [-0.25, -0.2) is 4.79 Å². The highest BCUT2D eigenvalue weighted by Gasteiger charge is 2.20. The molecule has 0 saturated carbocycles. The highest BCUT2D eigenvalue weighted by atomic mass is 31.1. The van der Waals surface area contributed by atoms with Gasteiger partial charge in [-0.3, -0.25) is 4.79 Å². The molecule has 0 aliphatic heterocycles. The molecule has 0 radical (unpaired) electrons. The van der Waals surface area contributed by atoms with Crippen LogP contribution in [-0.2, 0) is 22.1 Å². The summed E-state index contributed by atoms with van der Waals surface area (Å²) in [6, 6.07) is 8.29. The molecule has 0 aliphatic rings. The highest BCUT2D eigenvalue weighted by molar-refractivity contribution is 7.49. The summed E-state index contributed by atoms with van der Waals surface area (Å²) >= 11 is 0. The summed E-state index contributed by atoms with van der Waals surface area (Å²) in [4.78, 5) is 34.0. The summed E-state index contributed by atoms with van der Waals surface area (Å²) in [5.41, 5.74) is 5.50. The van der Waals surface area contributed by atoms with E-state index in [-0.39, 0.29) is 17.9 Å². The first kappa shape index (κ1) is 23.8. The second kappa shape index (κ2) is 10.6. The van der Waals surface area contributed by atoms with Crippen LogP contribution < -0.4 is 5.32 Å². The molecule has 3 N–H and O–H groups in total. The van der Waals surface area contributed by atoms with Crippen LogP contribution in [0.2, 0.25) is 0 Å². The summed E-state index contributed by atoms with van der Waals surface area (Å²) in [5, 5.41) is 12.7. The van der Waals surface area contributed by atoms with Crippen molar-refractivity contribution in [3.63, 3.8) is 0 Å². The smallest absolute Gasteiger partial charge is 0.328 e. The van der Waals surface area contributed by atoms with E-state index in [1.165, 1.54) is 6.07 Å². The Kier molecular flexibility index (Phi) is 8.39. The molecule has 1 unspecified atom stereocenters. The number of rotatable bonds is 8. The summed E-state index contributed by atoms with van der Waals surface area (Å²) in [6.07, 6.45) is 1.27. The van der Waals surface area contributed by atoms with E-state index in [1.807, 2.05) is 20.5 Å². The number of aryl methyl sites for hydroxylation is 2. The Balaban J connectivity index is 2.23. The molecule has 2 rings (SSSR count). The Hall–Kier alpha value is -2.43. The SMILES string of the molecule is CCOC(=O)[C@H](C)NC(=O)c1cc(Cc2c(C)cc(CP(C)O)cc2C)ccc1O. The molecular formula is C23H30NO5P. The summed E-state index contributed by atoms with van der Waals surface area (Å²) in [7, 11) is -0.995. The van der Waals surface area contributed by atoms with E-state index in [0.717, 1.165) is 27.8 Å². The summed E-state index contributed by atoms with van der Waals surface area (Å²) in [6.45, 7) is 9.38. The molecule has 7 heteroatoms. The first-order chi connectivity index (χ1) is 14.1. The topological polar surface area (TPSA) is 95.9 Å². The van der Waals surface area contributed by atoms with E-state index in [9.17, 15) is 19.6 Å². The van der Waals surface area contributed by atoms with Crippen molar-refractivity contribution in [2.75, 3.05) is 13.3 Å². The van der Waals surface area contributed by atoms with Crippen LogP contribution in [0.15, 0.2) is 30.3 Å². The predicted molar refractivity (Wildman–Crippen MR) is 119 cm³/mol. The molecule has 2 aromatic carbocycles. The van der Waals surface area contributed by atoms with Crippen molar-refractivity contribution >= 4 is 20.0 Å². The van der Waals surface area contributed by atoms with Crippen LogP contribution >= 0.6 is 8.15 Å². The number of hydrogen-bond acceptors (Lipinski definition) is 5. The summed E-state index contributed by atoms with van der Waals surface area (Å²) in [5.74, 6) is -1.19. The Morgan fingerprint density at radius 1 is 1.13 bits per heavy atom. The van der Waals surface area contributed by atoms with Crippen molar-refractivity contribution in [3.8, 4) is 5.75 Å². The van der Waals surface area contributed by atoms with Crippen LogP contribution in [0.5, 0.6) is 5.75 Å². The van der Waals surface area contributed by atoms with Crippen LogP contribution in [0.1, 0.15) is 52.0 Å². The van der Waals surface area contributed by atoms with E-state index < -0.39 is 26.1 Å². The number of amides is 1. The van der Waals surface area contributed by atoms with Crippen molar-refractivity contribution < 1.29 is 24.3 Å². The zero-order chi connectivity index (χ0) is 22.4. The first-order valence-corrected chi connectivity index (χ1v) is 11.8. The second-order valence-electron chi connectivity index (χ2n) is 7.50. The van der Waals surface area contributed by atoms with Crippen LogP contribution in [0.3, 0.4) is 0 Å². The quantitative estimate of drug-likeness (QED) is 0.437. The average Bonchev–Trinajstić information content (AvgIpc) is 2.65. The lowest BCUT2D eigenvalue weighted by Crippen LogP contribution is -2.39. The third-order valence-corrected chi connectivity index (χ3v) is 5.66. The third kappa shape index (κ3) is 6.28. The van der Waals surface area contributed by atoms with E-state index >= 15 is 0 Å². The van der Waals surface area contributed by atoms with E-state index in [4.69, 9.17) is 4.74 Å². The van der Waals surface area contributed by atoms with Gasteiger partial charge in [0.15, 0.2) is 0 Å². The number of nitrogens with one attached hydrogen (secondary N) is 1. The third-order valence-electron chi connectivity index (χ3n) is 4.84. The molecule has 0 bridgehead atoms. The molecule has 2 atom stereocenters. The average molecular weight is 431 g/mol. The van der Waals surface area contributed by atoms with Gasteiger partial charge in [0.2, 0.25) is 0 Å². The Bertz CT molecular complexity index is 903. The number of aromatic hydroxyl groups is 1. The molecule has 0 spiro atoms. The van der Waals surface area contributed by atoms with Gasteiger partial charge in [-0.05, 0) is 80.7 Å². The number of phenolic OH excluding ortho intramolecular Hbond substituents is 1. The zero-order valence-electron chi connectivity index (χ0n) is 18.2. The number of esters is 1. The van der Waals surface area contributed by atoms with Crippen molar-refractivity contribution in [2.24, 2.45) is 0 Å². The molecular weight excluding hydrogens is 401 g/mol. The largest absolute Gasteiger partial charge is 0.507 e. The van der Waals surface area contributed by atoms with Crippen molar-refractivity contribution in [3.05, 3.63) is 63.7 Å². The van der Waals surface area contributed by atoms with Gasteiger partial charge in [-0.2, -0.15) is 0 Å². The monoisotopic (exact) mass is 431 g/mol. The first-order valence-electron chi connectivity index (χ1n) is 9.90. The van der Waals surface area contributed by atoms with Crippen LogP contribution in [0.4, 0.5) is 0 Å². The van der Waals surface area contributed by atoms with Crippen LogP contribution in [0.25, 0.3) is 0 Å². The number of benzene rings is 2. The lowest BCUT2D eigenvalue weighted by molar-refractivity contribution is -0.144. The van der Waals surface area contributed by atoms with Crippen LogP contribution in [0, 0.1) is 13.8 Å². The standard InChI is InChI=1S/C23H30NO5P/c1-6-29-23(27)16(4)24-22(26)20-12-17(7-8-21(20)25)11-19-14(2)9-18(10-15(19)3)13-30(5)28/h7-10,12,16,25,28H,6,11,13H2,1-5H3,(H,24,26)/t16-,30?/m0/s1. The Morgan fingerprint density at radius 2 is 1.77 bits per heavy atom. The van der Waals surface area contributed by atoms with Gasteiger partial charge >= 0.3 is 5.97 Å². The van der Waals surface area contributed by atoms with Crippen LogP contribution in [-0.4, -0.2) is 41.2 Å². The maximum atomic E-state index is 12.6. The molecule has 6 nitrogen and oxygen atoms in total. The molecule has 2 aromatic rings. The van der Waals surface area contributed by atoms with Crippen molar-refractivity contribution in [1.29, 1.82) is 0 Å². The fraction of sp³-hybridized carbons (Fsp3) is 0.391. The minimum absolute atomic E-state index is 0.118. The van der Waals surface area contributed by atoms with Gasteiger partial charge in [0.25, 0.3) is 5.91 Å². The molecule has 0 aromatic heterocycles. The van der Waals surface area contributed by atoms with Gasteiger partial charge in [0.1, 0.15) is 11.8 Å². The Labute approximate surface area is 179 Å². The number of ether oxygens (including phenoxy) is 1. The molecule has 0 aliphatic carbocycles. The number of carbonyl (C=O) groups excluding carboxylic acids is 2. The Morgan fingerprint density at radius 3 is 2.33 bits per heavy atom. The fourth-order valence-corrected chi connectivity index (χ4v) is 4.11. The number of hydrogen-bond donors (Lipinski definition) is 3. The van der Waals surface area contributed by atoms with E-state index in [0.29, 0.717) is 12.6 Å². The van der Waals surface area contributed by atoms with Gasteiger partial charge in [-0.15, -0.1) is 0 Å². The van der Waals surface area contributed by atoms with Gasteiger partial charge in [-0.1, -0.05) is 18.2 Å². The lowest BCUT2D eigenvalue weighted by atomic mass is 9.93. The lowest BCUT2D eigenvalue weighted by Gasteiger charge is -2.16. The van der Waals surface area contributed by atoms with E-state index in [2.05, 4.69) is 17.4 Å². The maximum Gasteiger partial charge on any atom is 0.328 e. The normalized spacial score (nSPS) is 12.9. The molecule has 162 valence electrons. The van der Waals surface area contributed by atoms with Gasteiger partial charge < -0.3 is 20.1 Å². The number of carbonyl (C=O) groups is 2.